The molecule has 3 heteroatoms. The Kier molecular flexibility index (Phi) is 2.18. The van der Waals surface area contributed by atoms with Gasteiger partial charge in [0.1, 0.15) is 11.5 Å². The first-order valence-corrected chi connectivity index (χ1v) is 9.36. The fourth-order valence-corrected chi connectivity index (χ4v) is 8.38. The van der Waals surface area contributed by atoms with Gasteiger partial charge in [0.15, 0.2) is 0 Å². The Labute approximate surface area is 128 Å². The minimum atomic E-state index is 0.384. The summed E-state index contributed by atoms with van der Waals surface area (Å²) in [5.41, 5.74) is 3.00. The molecular formula is C17H18OS2. The van der Waals surface area contributed by atoms with Crippen molar-refractivity contribution in [2.45, 2.75) is 53.1 Å². The number of hydrogen-bond donors (Lipinski definition) is 0. The molecule has 104 valence electrons. The van der Waals surface area contributed by atoms with Gasteiger partial charge in [0.25, 0.3) is 0 Å². The number of benzene rings is 1. The first-order chi connectivity index (χ1) is 9.76. The Hall–Kier alpha value is -0.540. The summed E-state index contributed by atoms with van der Waals surface area (Å²) in [4.78, 5) is 0. The Morgan fingerprint density at radius 1 is 1.25 bits per heavy atom. The number of rotatable bonds is 2. The Morgan fingerprint density at radius 3 is 2.90 bits per heavy atom. The standard InChI is InChI=1S/C17H18OS2/c1-3-16-11-9-10-7-5-6-8-12(10)18-13(11)14-15(19-14)17(16,4-2)20-16/h5-8,14-15H,3-4,9H2,1-2H3. The average Bonchev–Trinajstić information content (AvgIpc) is 3.37. The molecule has 1 aromatic carbocycles. The zero-order valence-electron chi connectivity index (χ0n) is 11.8. The highest BCUT2D eigenvalue weighted by atomic mass is 32.2. The largest absolute Gasteiger partial charge is 0.460 e. The molecule has 2 saturated heterocycles. The van der Waals surface area contributed by atoms with Crippen molar-refractivity contribution in [2.75, 3.05) is 0 Å². The summed E-state index contributed by atoms with van der Waals surface area (Å²) in [6.45, 7) is 4.74. The van der Waals surface area contributed by atoms with Crippen LogP contribution in [0.2, 0.25) is 0 Å². The summed E-state index contributed by atoms with van der Waals surface area (Å²) in [5.74, 6) is 2.42. The molecule has 5 rings (SSSR count). The van der Waals surface area contributed by atoms with Crippen molar-refractivity contribution in [1.29, 1.82) is 0 Å². The molecule has 0 bridgehead atoms. The lowest BCUT2D eigenvalue weighted by atomic mass is 9.72. The number of fused-ring (bicyclic) bond motifs is 6. The van der Waals surface area contributed by atoms with Crippen LogP contribution in [-0.2, 0) is 6.42 Å². The molecular weight excluding hydrogens is 284 g/mol. The second-order valence-corrected chi connectivity index (χ2v) is 9.15. The number of thioether (sulfide) groups is 2. The molecule has 1 aromatic rings. The number of ether oxygens (including phenoxy) is 1. The molecule has 0 saturated carbocycles. The van der Waals surface area contributed by atoms with Crippen LogP contribution in [0.1, 0.15) is 32.3 Å². The van der Waals surface area contributed by atoms with E-state index in [-0.39, 0.29) is 0 Å². The van der Waals surface area contributed by atoms with Gasteiger partial charge in [0.05, 0.1) is 10.00 Å². The molecule has 0 radical (unpaired) electrons. The maximum absolute atomic E-state index is 6.35. The molecule has 0 spiro atoms. The lowest BCUT2D eigenvalue weighted by Gasteiger charge is -2.33. The Balaban J connectivity index is 1.66. The van der Waals surface area contributed by atoms with Crippen LogP contribution < -0.4 is 4.74 Å². The SMILES string of the molecule is CCC12SC1(CC)C1SC1C1=C2Cc2ccccc2O1. The molecule has 20 heavy (non-hydrogen) atoms. The maximum Gasteiger partial charge on any atom is 0.130 e. The fraction of sp³-hybridized carbons (Fsp3) is 0.529. The summed E-state index contributed by atoms with van der Waals surface area (Å²) in [5, 5.41) is 1.45. The van der Waals surface area contributed by atoms with Gasteiger partial charge < -0.3 is 4.74 Å². The third-order valence-corrected chi connectivity index (χ3v) is 9.46. The lowest BCUT2D eigenvalue weighted by molar-refractivity contribution is 0.348. The van der Waals surface area contributed by atoms with Crippen molar-refractivity contribution in [3.05, 3.63) is 41.2 Å². The van der Waals surface area contributed by atoms with E-state index in [0.717, 1.165) is 17.4 Å². The number of para-hydroxylation sites is 1. The van der Waals surface area contributed by atoms with E-state index in [1.54, 1.807) is 5.57 Å². The third kappa shape index (κ3) is 1.17. The predicted octanol–water partition coefficient (Wildman–Crippen LogP) is 4.42. The van der Waals surface area contributed by atoms with Crippen LogP contribution in [0.5, 0.6) is 5.75 Å². The van der Waals surface area contributed by atoms with Crippen LogP contribution in [0.25, 0.3) is 0 Å². The van der Waals surface area contributed by atoms with E-state index < -0.39 is 0 Å². The normalized spacial score (nSPS) is 42.9. The number of hydrogen-bond acceptors (Lipinski definition) is 3. The summed E-state index contributed by atoms with van der Waals surface area (Å²) in [6.07, 6.45) is 3.66. The Morgan fingerprint density at radius 2 is 2.10 bits per heavy atom. The zero-order valence-corrected chi connectivity index (χ0v) is 13.4. The van der Waals surface area contributed by atoms with Gasteiger partial charge >= 0.3 is 0 Å². The van der Waals surface area contributed by atoms with E-state index in [2.05, 4.69) is 61.6 Å². The summed E-state index contributed by atoms with van der Waals surface area (Å²) in [6, 6.07) is 8.58. The van der Waals surface area contributed by atoms with Crippen molar-refractivity contribution >= 4 is 23.5 Å². The predicted molar refractivity (Wildman–Crippen MR) is 86.6 cm³/mol. The molecule has 3 aliphatic heterocycles. The molecule has 0 aromatic heterocycles. The second kappa shape index (κ2) is 3.61. The highest BCUT2D eigenvalue weighted by Gasteiger charge is 2.80. The minimum absolute atomic E-state index is 0.384. The molecule has 4 unspecified atom stereocenters. The molecule has 0 amide bonds. The summed E-state index contributed by atoms with van der Waals surface area (Å²) in [7, 11) is 0. The van der Waals surface area contributed by atoms with Crippen LogP contribution in [0.15, 0.2) is 35.6 Å². The van der Waals surface area contributed by atoms with Gasteiger partial charge in [-0.1, -0.05) is 32.0 Å². The molecule has 0 N–H and O–H groups in total. The highest BCUT2D eigenvalue weighted by Crippen LogP contribution is 2.83. The van der Waals surface area contributed by atoms with Gasteiger partial charge in [0, 0.05) is 16.4 Å². The van der Waals surface area contributed by atoms with E-state index in [9.17, 15) is 0 Å². The van der Waals surface area contributed by atoms with Crippen molar-refractivity contribution in [3.8, 4) is 5.75 Å². The van der Waals surface area contributed by atoms with Gasteiger partial charge in [-0.3, -0.25) is 0 Å². The zero-order chi connectivity index (χ0) is 13.5. The van der Waals surface area contributed by atoms with Crippen molar-refractivity contribution in [2.24, 2.45) is 0 Å². The van der Waals surface area contributed by atoms with Crippen LogP contribution in [-0.4, -0.2) is 20.0 Å². The topological polar surface area (TPSA) is 9.23 Å². The van der Waals surface area contributed by atoms with Crippen molar-refractivity contribution in [1.82, 2.24) is 0 Å². The first-order valence-electron chi connectivity index (χ1n) is 7.60. The average molecular weight is 302 g/mol. The van der Waals surface area contributed by atoms with E-state index in [1.807, 2.05) is 0 Å². The van der Waals surface area contributed by atoms with Crippen LogP contribution >= 0.6 is 23.5 Å². The molecule has 3 heterocycles. The monoisotopic (exact) mass is 302 g/mol. The molecule has 2 fully saturated rings. The molecule has 4 aliphatic rings. The molecule has 1 aliphatic carbocycles. The van der Waals surface area contributed by atoms with Crippen molar-refractivity contribution in [3.63, 3.8) is 0 Å². The summed E-state index contributed by atoms with van der Waals surface area (Å²) >= 11 is 4.39. The molecule has 1 nitrogen and oxygen atoms in total. The Bertz CT molecular complexity index is 652. The van der Waals surface area contributed by atoms with Gasteiger partial charge in [0.2, 0.25) is 0 Å². The van der Waals surface area contributed by atoms with Crippen LogP contribution in [0.4, 0.5) is 0 Å². The fourth-order valence-electron chi connectivity index (χ4n) is 4.48. The quantitative estimate of drug-likeness (QED) is 0.749. The van der Waals surface area contributed by atoms with Gasteiger partial charge in [-0.05, 0) is 30.0 Å². The minimum Gasteiger partial charge on any atom is -0.460 e. The van der Waals surface area contributed by atoms with Gasteiger partial charge in [-0.15, -0.1) is 23.5 Å². The van der Waals surface area contributed by atoms with Crippen LogP contribution in [0.3, 0.4) is 0 Å². The smallest absolute Gasteiger partial charge is 0.130 e. The summed E-state index contributed by atoms with van der Waals surface area (Å²) < 4.78 is 7.25. The maximum atomic E-state index is 6.35. The van der Waals surface area contributed by atoms with E-state index >= 15 is 0 Å². The van der Waals surface area contributed by atoms with Crippen molar-refractivity contribution < 1.29 is 4.74 Å². The third-order valence-electron chi connectivity index (χ3n) is 5.58. The lowest BCUT2D eigenvalue weighted by Crippen LogP contribution is -2.40. The van der Waals surface area contributed by atoms with E-state index in [4.69, 9.17) is 4.74 Å². The van der Waals surface area contributed by atoms with Gasteiger partial charge in [-0.25, -0.2) is 0 Å². The van der Waals surface area contributed by atoms with Crippen LogP contribution in [0, 0.1) is 0 Å². The van der Waals surface area contributed by atoms with E-state index in [0.29, 0.717) is 14.7 Å². The van der Waals surface area contributed by atoms with Gasteiger partial charge in [-0.2, -0.15) is 0 Å². The second-order valence-electron chi connectivity index (χ2n) is 6.23. The first kappa shape index (κ1) is 12.0. The van der Waals surface area contributed by atoms with E-state index in [1.165, 1.54) is 24.2 Å². The highest BCUT2D eigenvalue weighted by molar-refractivity contribution is 8.14. The molecule has 4 atom stereocenters.